The van der Waals surface area contributed by atoms with E-state index in [1.807, 2.05) is 45.9 Å². The van der Waals surface area contributed by atoms with Gasteiger partial charge in [0.2, 0.25) is 0 Å². The summed E-state index contributed by atoms with van der Waals surface area (Å²) in [4.78, 5) is 11.1. The van der Waals surface area contributed by atoms with Crippen LogP contribution in [0, 0.1) is 0 Å². The first-order valence-corrected chi connectivity index (χ1v) is 4.76. The maximum absolute atomic E-state index is 11.1. The van der Waals surface area contributed by atoms with Gasteiger partial charge in [0.15, 0.2) is 0 Å². The Morgan fingerprint density at radius 2 is 2.21 bits per heavy atom. The largest absolute Gasteiger partial charge is 0.441 e. The molecular formula is C11H17NO2. The maximum Gasteiger partial charge on any atom is 0.408 e. The lowest BCUT2D eigenvalue weighted by molar-refractivity contribution is 0.0747. The van der Waals surface area contributed by atoms with Crippen molar-refractivity contribution in [3.05, 3.63) is 23.8 Å². The monoisotopic (exact) mass is 195 g/mol. The number of rotatable bonds is 2. The highest BCUT2D eigenvalue weighted by molar-refractivity contribution is 5.72. The van der Waals surface area contributed by atoms with Crippen molar-refractivity contribution in [3.63, 3.8) is 0 Å². The molecule has 1 saturated heterocycles. The summed E-state index contributed by atoms with van der Waals surface area (Å²) in [7, 11) is 0. The first kappa shape index (κ1) is 10.8. The van der Waals surface area contributed by atoms with Crippen LogP contribution in [0.5, 0.6) is 0 Å². The molecule has 1 fully saturated rings. The van der Waals surface area contributed by atoms with Gasteiger partial charge >= 0.3 is 6.09 Å². The van der Waals surface area contributed by atoms with Crippen LogP contribution in [-0.2, 0) is 4.74 Å². The van der Waals surface area contributed by atoms with Gasteiger partial charge in [0.25, 0.3) is 0 Å². The number of cyclic esters (lactones) is 1. The Balaban J connectivity index is 2.82. The molecule has 1 aliphatic heterocycles. The number of alkyl carbamates (subject to hydrolysis) is 1. The van der Waals surface area contributed by atoms with Crippen molar-refractivity contribution < 1.29 is 9.53 Å². The smallest absolute Gasteiger partial charge is 0.408 e. The third kappa shape index (κ3) is 2.16. The molecular weight excluding hydrogens is 178 g/mol. The number of ether oxygens (including phenoxy) is 1. The Kier molecular flexibility index (Phi) is 2.99. The maximum atomic E-state index is 11.1. The Morgan fingerprint density at radius 1 is 1.57 bits per heavy atom. The van der Waals surface area contributed by atoms with Gasteiger partial charge in [0, 0.05) is 0 Å². The van der Waals surface area contributed by atoms with E-state index in [0.29, 0.717) is 0 Å². The number of hydrogen-bond acceptors (Lipinski definition) is 2. The molecule has 14 heavy (non-hydrogen) atoms. The lowest BCUT2D eigenvalue weighted by Crippen LogP contribution is -2.39. The van der Waals surface area contributed by atoms with Gasteiger partial charge < -0.3 is 10.1 Å². The average Bonchev–Trinajstić information content (AvgIpc) is 2.35. The molecule has 78 valence electrons. The topological polar surface area (TPSA) is 38.3 Å². The second-order valence-electron chi connectivity index (χ2n) is 4.01. The number of nitrogens with one attached hydrogen (secondary N) is 1. The molecule has 1 aliphatic rings. The highest BCUT2D eigenvalue weighted by Crippen LogP contribution is 2.26. The third-order valence-corrected chi connectivity index (χ3v) is 2.32. The molecule has 0 aliphatic carbocycles. The summed E-state index contributed by atoms with van der Waals surface area (Å²) in [6.45, 7) is 7.76. The summed E-state index contributed by atoms with van der Waals surface area (Å²) in [6.07, 6.45) is 5.55. The van der Waals surface area contributed by atoms with Crippen LogP contribution in [0.25, 0.3) is 0 Å². The van der Waals surface area contributed by atoms with Gasteiger partial charge in [-0.3, -0.25) is 0 Å². The van der Waals surface area contributed by atoms with Gasteiger partial charge in [-0.2, -0.15) is 0 Å². The van der Waals surface area contributed by atoms with Crippen molar-refractivity contribution in [1.29, 1.82) is 0 Å². The van der Waals surface area contributed by atoms with E-state index >= 15 is 0 Å². The molecule has 0 bridgehead atoms. The van der Waals surface area contributed by atoms with Crippen LogP contribution in [0.15, 0.2) is 23.8 Å². The van der Waals surface area contributed by atoms with Crippen LogP contribution in [0.4, 0.5) is 4.79 Å². The van der Waals surface area contributed by atoms with E-state index in [0.717, 1.165) is 5.57 Å². The molecule has 1 N–H and O–H groups in total. The van der Waals surface area contributed by atoms with Crippen LogP contribution in [0.2, 0.25) is 0 Å². The Hall–Kier alpha value is -1.25. The quantitative estimate of drug-likeness (QED) is 0.687. The number of amides is 1. The Morgan fingerprint density at radius 3 is 2.64 bits per heavy atom. The molecule has 1 amide bonds. The minimum absolute atomic E-state index is 0.0359. The molecule has 3 nitrogen and oxygen atoms in total. The van der Waals surface area contributed by atoms with Crippen LogP contribution < -0.4 is 5.32 Å². The molecule has 0 spiro atoms. The highest BCUT2D eigenvalue weighted by atomic mass is 16.6. The van der Waals surface area contributed by atoms with Gasteiger partial charge in [-0.15, -0.1) is 0 Å². The normalized spacial score (nSPS) is 26.4. The molecule has 0 saturated carbocycles. The highest BCUT2D eigenvalue weighted by Gasteiger charge is 2.41. The summed E-state index contributed by atoms with van der Waals surface area (Å²) in [6, 6.07) is -0.0359. The van der Waals surface area contributed by atoms with Crippen molar-refractivity contribution in [1.82, 2.24) is 5.32 Å². The molecule has 0 aromatic carbocycles. The van der Waals surface area contributed by atoms with Crippen molar-refractivity contribution in [3.8, 4) is 0 Å². The third-order valence-electron chi connectivity index (χ3n) is 2.32. The number of hydrogen-bond donors (Lipinski definition) is 1. The van der Waals surface area contributed by atoms with Gasteiger partial charge in [-0.25, -0.2) is 4.79 Å². The van der Waals surface area contributed by atoms with E-state index in [9.17, 15) is 4.79 Å². The van der Waals surface area contributed by atoms with Crippen molar-refractivity contribution in [2.75, 3.05) is 0 Å². The van der Waals surface area contributed by atoms with Crippen molar-refractivity contribution >= 4 is 6.09 Å². The Bertz CT molecular complexity index is 290. The van der Waals surface area contributed by atoms with Gasteiger partial charge in [-0.05, 0) is 33.3 Å². The molecule has 0 aromatic rings. The minimum atomic E-state index is -0.459. The molecule has 0 radical (unpaired) electrons. The van der Waals surface area contributed by atoms with E-state index in [2.05, 4.69) is 5.32 Å². The minimum Gasteiger partial charge on any atom is -0.441 e. The number of carbonyl (C=O) groups is 1. The van der Waals surface area contributed by atoms with Gasteiger partial charge in [-0.1, -0.05) is 18.2 Å². The summed E-state index contributed by atoms with van der Waals surface area (Å²) >= 11 is 0. The molecule has 1 rings (SSSR count). The second kappa shape index (κ2) is 3.86. The van der Waals surface area contributed by atoms with Crippen molar-refractivity contribution in [2.45, 2.75) is 39.3 Å². The fourth-order valence-electron chi connectivity index (χ4n) is 1.63. The van der Waals surface area contributed by atoms with E-state index in [-0.39, 0.29) is 12.1 Å². The molecule has 1 heterocycles. The van der Waals surface area contributed by atoms with Crippen LogP contribution in [0.3, 0.4) is 0 Å². The molecule has 3 heteroatoms. The lowest BCUT2D eigenvalue weighted by atomic mass is 9.93. The summed E-state index contributed by atoms with van der Waals surface area (Å²) in [5.41, 5.74) is 0.637. The van der Waals surface area contributed by atoms with E-state index < -0.39 is 5.60 Å². The van der Waals surface area contributed by atoms with Crippen LogP contribution in [-0.4, -0.2) is 17.7 Å². The molecule has 0 aromatic heterocycles. The zero-order chi connectivity index (χ0) is 10.8. The second-order valence-corrected chi connectivity index (χ2v) is 4.01. The van der Waals surface area contributed by atoms with Gasteiger partial charge in [0.1, 0.15) is 5.60 Å². The zero-order valence-electron chi connectivity index (χ0n) is 9.13. The SMILES string of the molecule is CC=CC=C(C)C1NC(=O)OC1(C)C. The summed E-state index contributed by atoms with van der Waals surface area (Å²) in [5, 5.41) is 2.79. The average molecular weight is 195 g/mol. The molecule has 1 unspecified atom stereocenters. The first-order chi connectivity index (χ1) is 6.47. The van der Waals surface area contributed by atoms with Crippen molar-refractivity contribution in [2.24, 2.45) is 0 Å². The standard InChI is InChI=1S/C11H17NO2/c1-5-6-7-8(2)9-11(3,4)14-10(13)12-9/h5-7,9H,1-4H3,(H,12,13). The zero-order valence-corrected chi connectivity index (χ0v) is 9.13. The Labute approximate surface area is 84.8 Å². The summed E-state index contributed by atoms with van der Waals surface area (Å²) in [5.74, 6) is 0. The van der Waals surface area contributed by atoms with Crippen LogP contribution in [0.1, 0.15) is 27.7 Å². The number of allylic oxidation sites excluding steroid dienone is 3. The predicted octanol–water partition coefficient (Wildman–Crippen LogP) is 2.40. The number of carbonyl (C=O) groups excluding carboxylic acids is 1. The van der Waals surface area contributed by atoms with E-state index in [4.69, 9.17) is 4.74 Å². The van der Waals surface area contributed by atoms with E-state index in [1.165, 1.54) is 0 Å². The van der Waals surface area contributed by atoms with Gasteiger partial charge in [0.05, 0.1) is 6.04 Å². The fraction of sp³-hybridized carbons (Fsp3) is 0.545. The molecule has 1 atom stereocenters. The van der Waals surface area contributed by atoms with Crippen LogP contribution >= 0.6 is 0 Å². The van der Waals surface area contributed by atoms with E-state index in [1.54, 1.807) is 0 Å². The predicted molar refractivity (Wildman–Crippen MR) is 56.1 cm³/mol. The lowest BCUT2D eigenvalue weighted by Gasteiger charge is -2.23. The fourth-order valence-corrected chi connectivity index (χ4v) is 1.63. The summed E-state index contributed by atoms with van der Waals surface area (Å²) < 4.78 is 5.15. The first-order valence-electron chi connectivity index (χ1n) is 4.76.